The molecule has 1 aromatic heterocycles. The third kappa shape index (κ3) is 3.53. The molecule has 1 aromatic carbocycles. The number of aromatic amines is 1. The summed E-state index contributed by atoms with van der Waals surface area (Å²) >= 11 is 0. The summed E-state index contributed by atoms with van der Waals surface area (Å²) in [6, 6.07) is 8.14. The highest BCUT2D eigenvalue weighted by Crippen LogP contribution is 2.10. The van der Waals surface area contributed by atoms with Gasteiger partial charge in [-0.15, -0.1) is 0 Å². The topological polar surface area (TPSA) is 113 Å². The number of hydrogen-bond acceptors (Lipinski definition) is 5. The Kier molecular flexibility index (Phi) is 3.84. The second-order valence-electron chi connectivity index (χ2n) is 4.03. The Labute approximate surface area is 111 Å². The van der Waals surface area contributed by atoms with E-state index in [0.717, 1.165) is 5.56 Å². The number of aryl methyl sites for hydroxylation is 1. The lowest BCUT2D eigenvalue weighted by molar-refractivity contribution is 0.567. The average Bonchev–Trinajstić information content (AvgIpc) is 2.81. The fourth-order valence-corrected chi connectivity index (χ4v) is 2.51. The van der Waals surface area contributed by atoms with E-state index in [1.54, 1.807) is 18.2 Å². The van der Waals surface area contributed by atoms with Crippen molar-refractivity contribution in [3.8, 4) is 0 Å². The van der Waals surface area contributed by atoms with Crippen LogP contribution in [0.2, 0.25) is 0 Å². The van der Waals surface area contributed by atoms with Crippen molar-refractivity contribution < 1.29 is 8.42 Å². The van der Waals surface area contributed by atoms with Gasteiger partial charge in [-0.2, -0.15) is 9.82 Å². The predicted molar refractivity (Wildman–Crippen MR) is 71.7 cm³/mol. The number of sulfonamides is 1. The number of H-pyrrole nitrogens is 1. The van der Waals surface area contributed by atoms with E-state index < -0.39 is 16.3 Å². The highest BCUT2D eigenvalue weighted by Gasteiger charge is 2.17. The molecule has 19 heavy (non-hydrogen) atoms. The molecule has 7 nitrogen and oxygen atoms in total. The number of aromatic nitrogens is 2. The molecule has 1 unspecified atom stereocenters. The minimum absolute atomic E-state index is 0.167. The maximum Gasteiger partial charge on any atom is 0.243 e. The molecule has 0 aliphatic rings. The van der Waals surface area contributed by atoms with Gasteiger partial charge in [0, 0.05) is 6.07 Å². The summed E-state index contributed by atoms with van der Waals surface area (Å²) in [5.74, 6) is 0.527. The Morgan fingerprint density at radius 3 is 2.53 bits per heavy atom. The first-order valence-electron chi connectivity index (χ1n) is 5.58. The lowest BCUT2D eigenvalue weighted by Gasteiger charge is -2.15. The first-order chi connectivity index (χ1) is 8.97. The molecule has 0 saturated heterocycles. The van der Waals surface area contributed by atoms with Crippen LogP contribution in [0.4, 0.5) is 5.82 Å². The zero-order chi connectivity index (χ0) is 13.9. The van der Waals surface area contributed by atoms with E-state index >= 15 is 0 Å². The van der Waals surface area contributed by atoms with Gasteiger partial charge in [-0.3, -0.25) is 10.8 Å². The maximum atomic E-state index is 12.0. The van der Waals surface area contributed by atoms with Crippen molar-refractivity contribution in [2.24, 2.45) is 5.73 Å². The van der Waals surface area contributed by atoms with Crippen LogP contribution < -0.4 is 15.8 Å². The van der Waals surface area contributed by atoms with Gasteiger partial charge in [0.1, 0.15) is 12.1 Å². The molecule has 1 heterocycles. The van der Waals surface area contributed by atoms with Crippen LogP contribution in [0.1, 0.15) is 5.56 Å². The number of benzene rings is 1. The Bertz CT molecular complexity index is 622. The van der Waals surface area contributed by atoms with Crippen LogP contribution in [-0.4, -0.2) is 24.9 Å². The molecule has 0 saturated carbocycles. The lowest BCUT2D eigenvalue weighted by Crippen LogP contribution is -2.47. The highest BCUT2D eigenvalue weighted by atomic mass is 32.2. The van der Waals surface area contributed by atoms with Crippen molar-refractivity contribution in [1.82, 2.24) is 14.9 Å². The molecule has 102 valence electrons. The molecule has 0 aliphatic heterocycles. The second-order valence-corrected chi connectivity index (χ2v) is 5.74. The zero-order valence-electron chi connectivity index (χ0n) is 10.3. The van der Waals surface area contributed by atoms with Crippen molar-refractivity contribution in [3.63, 3.8) is 0 Å². The summed E-state index contributed by atoms with van der Waals surface area (Å²) in [7, 11) is -3.65. The highest BCUT2D eigenvalue weighted by molar-refractivity contribution is 7.89. The molecule has 0 bridgehead atoms. The van der Waals surface area contributed by atoms with Crippen LogP contribution in [-0.2, 0) is 10.0 Å². The van der Waals surface area contributed by atoms with Gasteiger partial charge in [0.05, 0.1) is 11.1 Å². The van der Waals surface area contributed by atoms with E-state index in [1.807, 2.05) is 6.92 Å². The summed E-state index contributed by atoms with van der Waals surface area (Å²) in [5, 5.41) is 9.07. The van der Waals surface area contributed by atoms with Gasteiger partial charge in [0.2, 0.25) is 10.0 Å². The van der Waals surface area contributed by atoms with E-state index in [9.17, 15) is 8.42 Å². The lowest BCUT2D eigenvalue weighted by atomic mass is 10.2. The van der Waals surface area contributed by atoms with Crippen LogP contribution in [0.3, 0.4) is 0 Å². The molecule has 0 amide bonds. The second kappa shape index (κ2) is 5.39. The van der Waals surface area contributed by atoms with Crippen LogP contribution in [0.5, 0.6) is 0 Å². The summed E-state index contributed by atoms with van der Waals surface area (Å²) in [6.45, 7) is 1.88. The van der Waals surface area contributed by atoms with Crippen molar-refractivity contribution in [3.05, 3.63) is 42.1 Å². The third-order valence-corrected chi connectivity index (χ3v) is 3.88. The fourth-order valence-electron chi connectivity index (χ4n) is 1.49. The molecule has 1 atom stereocenters. The van der Waals surface area contributed by atoms with E-state index in [0.29, 0.717) is 5.82 Å². The quantitative estimate of drug-likeness (QED) is 0.591. The number of rotatable bonds is 5. The summed E-state index contributed by atoms with van der Waals surface area (Å²) in [4.78, 5) is 0.167. The van der Waals surface area contributed by atoms with Gasteiger partial charge < -0.3 is 5.32 Å². The molecule has 5 N–H and O–H groups in total. The number of anilines is 1. The van der Waals surface area contributed by atoms with E-state index in [-0.39, 0.29) is 4.90 Å². The van der Waals surface area contributed by atoms with Crippen molar-refractivity contribution in [2.75, 3.05) is 5.32 Å². The molecule has 0 radical (unpaired) electrons. The van der Waals surface area contributed by atoms with Crippen LogP contribution in [0, 0.1) is 6.92 Å². The van der Waals surface area contributed by atoms with Gasteiger partial charge in [-0.25, -0.2) is 8.42 Å². The van der Waals surface area contributed by atoms with Gasteiger partial charge in [0.25, 0.3) is 0 Å². The van der Waals surface area contributed by atoms with Gasteiger partial charge in [-0.05, 0) is 19.1 Å². The van der Waals surface area contributed by atoms with E-state index in [1.165, 1.54) is 18.3 Å². The maximum absolute atomic E-state index is 12.0. The Hall–Kier alpha value is -1.90. The van der Waals surface area contributed by atoms with Crippen molar-refractivity contribution in [1.29, 1.82) is 0 Å². The van der Waals surface area contributed by atoms with Crippen molar-refractivity contribution in [2.45, 2.75) is 18.1 Å². The van der Waals surface area contributed by atoms with Gasteiger partial charge in [0.15, 0.2) is 0 Å². The first-order valence-corrected chi connectivity index (χ1v) is 7.06. The number of hydrogen-bond donors (Lipinski definition) is 4. The smallest absolute Gasteiger partial charge is 0.243 e. The molecule has 8 heteroatoms. The molecule has 2 rings (SSSR count). The molecule has 0 spiro atoms. The van der Waals surface area contributed by atoms with Gasteiger partial charge in [-0.1, -0.05) is 17.7 Å². The van der Waals surface area contributed by atoms with Crippen LogP contribution in [0.15, 0.2) is 41.4 Å². The molecular weight excluding hydrogens is 266 g/mol. The minimum Gasteiger partial charge on any atom is -0.342 e. The predicted octanol–water partition coefficient (Wildman–Crippen LogP) is 0.351. The third-order valence-electron chi connectivity index (χ3n) is 2.43. The van der Waals surface area contributed by atoms with Crippen LogP contribution >= 0.6 is 0 Å². The summed E-state index contributed by atoms with van der Waals surface area (Å²) < 4.78 is 26.4. The number of nitrogens with two attached hydrogens (primary N) is 1. The Balaban J connectivity index is 2.06. The fraction of sp³-hybridized carbons (Fsp3) is 0.182. The number of nitrogens with one attached hydrogen (secondary N) is 3. The summed E-state index contributed by atoms with van der Waals surface area (Å²) in [5.41, 5.74) is 6.65. The monoisotopic (exact) mass is 281 g/mol. The average molecular weight is 281 g/mol. The Morgan fingerprint density at radius 2 is 1.95 bits per heavy atom. The number of nitrogens with zero attached hydrogens (tertiary/aromatic N) is 1. The molecular formula is C11H15N5O2S. The van der Waals surface area contributed by atoms with Crippen LogP contribution in [0.25, 0.3) is 0 Å². The normalized spacial score (nSPS) is 13.2. The summed E-state index contributed by atoms with van der Waals surface area (Å²) in [6.07, 6.45) is 0.579. The minimum atomic E-state index is -3.65. The first kappa shape index (κ1) is 13.5. The Morgan fingerprint density at radius 1 is 1.26 bits per heavy atom. The van der Waals surface area contributed by atoms with E-state index in [2.05, 4.69) is 20.2 Å². The molecule has 2 aromatic rings. The standard InChI is InChI=1S/C11H15N5O2S/c1-8-2-4-9(5-3-8)19(17,18)16-11(12)14-10-6-7-13-15-10/h2-7,11,16H,12H2,1H3,(H2,13,14,15). The van der Waals surface area contributed by atoms with E-state index in [4.69, 9.17) is 5.73 Å². The van der Waals surface area contributed by atoms with Crippen molar-refractivity contribution >= 4 is 15.8 Å². The largest absolute Gasteiger partial charge is 0.342 e. The zero-order valence-corrected chi connectivity index (χ0v) is 11.1. The molecule has 0 fully saturated rings. The molecule has 0 aliphatic carbocycles. The van der Waals surface area contributed by atoms with Gasteiger partial charge >= 0.3 is 0 Å². The SMILES string of the molecule is Cc1ccc(S(=O)(=O)NC(N)Nc2ccn[nH]2)cc1.